The fraction of sp³-hybridized carbons (Fsp3) is 0.500. The van der Waals surface area contributed by atoms with Crippen LogP contribution in [-0.4, -0.2) is 7.85 Å². The molecule has 0 heterocycles. The van der Waals surface area contributed by atoms with Gasteiger partial charge in [-0.2, -0.15) is 0 Å². The molecule has 0 aliphatic heterocycles. The highest BCUT2D eigenvalue weighted by molar-refractivity contribution is 6.16. The van der Waals surface area contributed by atoms with E-state index in [1.807, 2.05) is 6.07 Å². The van der Waals surface area contributed by atoms with Gasteiger partial charge >= 0.3 is 0 Å². The van der Waals surface area contributed by atoms with Crippen molar-refractivity contribution in [1.29, 1.82) is 0 Å². The molecule has 0 saturated heterocycles. The van der Waals surface area contributed by atoms with E-state index in [2.05, 4.69) is 45.0 Å². The first kappa shape index (κ1) is 10.4. The minimum absolute atomic E-state index is 0.165. The quantitative estimate of drug-likeness (QED) is 0.614. The Morgan fingerprint density at radius 2 is 1.77 bits per heavy atom. The molecule has 68 valence electrons. The Morgan fingerprint density at radius 1 is 1.23 bits per heavy atom. The highest BCUT2D eigenvalue weighted by Crippen LogP contribution is 2.31. The van der Waals surface area contributed by atoms with Crippen LogP contribution in [0.15, 0.2) is 30.3 Å². The van der Waals surface area contributed by atoms with Crippen LogP contribution in [-0.2, 0) is 5.31 Å². The molecule has 0 aliphatic rings. The predicted octanol–water partition coefficient (Wildman–Crippen LogP) is 3.12. The number of rotatable bonds is 3. The van der Waals surface area contributed by atoms with Crippen molar-refractivity contribution in [2.24, 2.45) is 5.92 Å². The lowest BCUT2D eigenvalue weighted by Gasteiger charge is -2.34. The minimum atomic E-state index is -0.165. The molecule has 1 unspecified atom stereocenters. The van der Waals surface area contributed by atoms with Crippen molar-refractivity contribution >= 4 is 7.85 Å². The van der Waals surface area contributed by atoms with Crippen LogP contribution in [0.2, 0.25) is 0 Å². The molecule has 13 heavy (non-hydrogen) atoms. The summed E-state index contributed by atoms with van der Waals surface area (Å²) in [6.07, 6.45) is 0.981. The lowest BCUT2D eigenvalue weighted by molar-refractivity contribution is 0.424. The standard InChI is InChI=1S/C12H17B/c1-4-12(13,10(2)3)11-8-6-5-7-9-11/h5-10H,4H2,1-3H3. The van der Waals surface area contributed by atoms with Crippen LogP contribution in [0.1, 0.15) is 32.8 Å². The Labute approximate surface area is 82.8 Å². The molecular formula is C12H17B. The van der Waals surface area contributed by atoms with Crippen molar-refractivity contribution in [3.05, 3.63) is 35.9 Å². The second-order valence-electron chi connectivity index (χ2n) is 3.91. The molecule has 0 amide bonds. The van der Waals surface area contributed by atoms with Crippen molar-refractivity contribution in [3.63, 3.8) is 0 Å². The first-order valence-corrected chi connectivity index (χ1v) is 4.95. The monoisotopic (exact) mass is 172 g/mol. The van der Waals surface area contributed by atoms with E-state index in [1.54, 1.807) is 0 Å². The summed E-state index contributed by atoms with van der Waals surface area (Å²) in [5.41, 5.74) is 1.24. The van der Waals surface area contributed by atoms with Crippen molar-refractivity contribution in [2.75, 3.05) is 0 Å². The van der Waals surface area contributed by atoms with Gasteiger partial charge in [-0.1, -0.05) is 63.1 Å². The molecule has 0 aliphatic carbocycles. The molecule has 1 aromatic carbocycles. The lowest BCUT2D eigenvalue weighted by atomic mass is 9.56. The largest absolute Gasteiger partial charge is 0.0813 e. The number of hydrogen-bond acceptors (Lipinski definition) is 0. The summed E-state index contributed by atoms with van der Waals surface area (Å²) in [5, 5.41) is -0.165. The van der Waals surface area contributed by atoms with Crippen molar-refractivity contribution < 1.29 is 0 Å². The molecule has 1 rings (SSSR count). The van der Waals surface area contributed by atoms with Gasteiger partial charge in [0.2, 0.25) is 0 Å². The molecular weight excluding hydrogens is 155 g/mol. The zero-order chi connectivity index (χ0) is 9.90. The molecule has 1 atom stereocenters. The number of benzene rings is 1. The first-order valence-electron chi connectivity index (χ1n) is 4.95. The third-order valence-electron chi connectivity index (χ3n) is 2.93. The second kappa shape index (κ2) is 4.00. The van der Waals surface area contributed by atoms with E-state index in [-0.39, 0.29) is 5.31 Å². The zero-order valence-electron chi connectivity index (χ0n) is 8.75. The Bertz CT molecular complexity index is 253. The van der Waals surface area contributed by atoms with E-state index in [1.165, 1.54) is 5.56 Å². The van der Waals surface area contributed by atoms with Gasteiger partial charge in [0.05, 0.1) is 7.85 Å². The van der Waals surface area contributed by atoms with Gasteiger partial charge in [-0.25, -0.2) is 0 Å². The summed E-state index contributed by atoms with van der Waals surface area (Å²) in [5.74, 6) is 0.472. The van der Waals surface area contributed by atoms with Crippen molar-refractivity contribution in [3.8, 4) is 0 Å². The summed E-state index contributed by atoms with van der Waals surface area (Å²) < 4.78 is 0. The van der Waals surface area contributed by atoms with Crippen LogP contribution >= 0.6 is 0 Å². The maximum Gasteiger partial charge on any atom is 0.0813 e. The Morgan fingerprint density at radius 3 is 2.15 bits per heavy atom. The van der Waals surface area contributed by atoms with Crippen molar-refractivity contribution in [1.82, 2.24) is 0 Å². The van der Waals surface area contributed by atoms with Crippen LogP contribution in [0.25, 0.3) is 0 Å². The highest BCUT2D eigenvalue weighted by Gasteiger charge is 2.27. The molecule has 1 heteroatoms. The van der Waals surface area contributed by atoms with Gasteiger partial charge in [-0.15, -0.1) is 0 Å². The van der Waals surface area contributed by atoms with Crippen molar-refractivity contribution in [2.45, 2.75) is 32.5 Å². The van der Waals surface area contributed by atoms with Gasteiger partial charge in [-0.05, 0) is 11.2 Å². The van der Waals surface area contributed by atoms with Crippen LogP contribution in [0.3, 0.4) is 0 Å². The molecule has 0 aromatic heterocycles. The van der Waals surface area contributed by atoms with Crippen LogP contribution in [0.4, 0.5) is 0 Å². The SMILES string of the molecule is [B]C(CC)(c1ccccc1)C(C)C. The van der Waals surface area contributed by atoms with Gasteiger partial charge in [0.1, 0.15) is 0 Å². The topological polar surface area (TPSA) is 0 Å². The first-order chi connectivity index (χ1) is 6.11. The Kier molecular flexibility index (Phi) is 3.19. The van der Waals surface area contributed by atoms with Crippen LogP contribution < -0.4 is 0 Å². The second-order valence-corrected chi connectivity index (χ2v) is 3.91. The van der Waals surface area contributed by atoms with Crippen LogP contribution in [0, 0.1) is 5.92 Å². The van der Waals surface area contributed by atoms with E-state index in [9.17, 15) is 0 Å². The Hall–Kier alpha value is -0.715. The van der Waals surface area contributed by atoms with Gasteiger partial charge in [-0.3, -0.25) is 0 Å². The maximum atomic E-state index is 6.36. The molecule has 0 fully saturated rings. The number of hydrogen-bond donors (Lipinski definition) is 0. The summed E-state index contributed by atoms with van der Waals surface area (Å²) in [7, 11) is 6.36. The molecule has 0 bridgehead atoms. The van der Waals surface area contributed by atoms with E-state index in [4.69, 9.17) is 7.85 Å². The molecule has 0 N–H and O–H groups in total. The Balaban J connectivity index is 3.03. The average molecular weight is 172 g/mol. The fourth-order valence-electron chi connectivity index (χ4n) is 1.69. The lowest BCUT2D eigenvalue weighted by Crippen LogP contribution is -2.31. The normalized spacial score (nSPS) is 15.7. The fourth-order valence-corrected chi connectivity index (χ4v) is 1.69. The molecule has 1 aromatic rings. The van der Waals surface area contributed by atoms with Gasteiger partial charge < -0.3 is 0 Å². The van der Waals surface area contributed by atoms with E-state index < -0.39 is 0 Å². The van der Waals surface area contributed by atoms with E-state index in [0.29, 0.717) is 5.92 Å². The van der Waals surface area contributed by atoms with Crippen LogP contribution in [0.5, 0.6) is 0 Å². The molecule has 2 radical (unpaired) electrons. The van der Waals surface area contributed by atoms with Gasteiger partial charge in [0.25, 0.3) is 0 Å². The molecule has 0 spiro atoms. The zero-order valence-corrected chi connectivity index (χ0v) is 8.75. The molecule has 0 nitrogen and oxygen atoms in total. The third-order valence-corrected chi connectivity index (χ3v) is 2.93. The summed E-state index contributed by atoms with van der Waals surface area (Å²) in [6.45, 7) is 6.50. The van der Waals surface area contributed by atoms with E-state index >= 15 is 0 Å². The van der Waals surface area contributed by atoms with Gasteiger partial charge in [0.15, 0.2) is 0 Å². The maximum absolute atomic E-state index is 6.36. The van der Waals surface area contributed by atoms with Gasteiger partial charge in [0, 0.05) is 0 Å². The average Bonchev–Trinajstić information content (AvgIpc) is 2.17. The molecule has 0 saturated carbocycles. The summed E-state index contributed by atoms with van der Waals surface area (Å²) in [4.78, 5) is 0. The highest BCUT2D eigenvalue weighted by atomic mass is 14.3. The van der Waals surface area contributed by atoms with E-state index in [0.717, 1.165) is 6.42 Å². The third kappa shape index (κ3) is 1.96. The minimum Gasteiger partial charge on any atom is -0.0652 e. The summed E-state index contributed by atoms with van der Waals surface area (Å²) >= 11 is 0. The summed E-state index contributed by atoms with van der Waals surface area (Å²) in [6, 6.07) is 10.4. The predicted molar refractivity (Wildman–Crippen MR) is 59.0 cm³/mol. The smallest absolute Gasteiger partial charge is 0.0652 e.